The minimum absolute atomic E-state index is 0.180. The molecule has 0 bridgehead atoms. The number of hydrogen-bond acceptors (Lipinski definition) is 3. The van der Waals surface area contributed by atoms with Crippen molar-refractivity contribution in [2.24, 2.45) is 0 Å². The number of rotatable bonds is 5. The lowest BCUT2D eigenvalue weighted by Crippen LogP contribution is -2.39. The summed E-state index contributed by atoms with van der Waals surface area (Å²) in [5, 5.41) is 13.4. The lowest BCUT2D eigenvalue weighted by Gasteiger charge is -2.34. The van der Waals surface area contributed by atoms with Crippen LogP contribution in [0.1, 0.15) is 44.7 Å². The van der Waals surface area contributed by atoms with Crippen molar-refractivity contribution in [2.45, 2.75) is 45.3 Å². The van der Waals surface area contributed by atoms with Gasteiger partial charge in [-0.2, -0.15) is 0 Å². The largest absolute Gasteiger partial charge is 0.391 e. The van der Waals surface area contributed by atoms with Crippen molar-refractivity contribution < 1.29 is 5.11 Å². The van der Waals surface area contributed by atoms with Crippen LogP contribution >= 0.6 is 0 Å². The average Bonchev–Trinajstić information content (AvgIpc) is 2.45. The fourth-order valence-corrected chi connectivity index (χ4v) is 2.79. The summed E-state index contributed by atoms with van der Waals surface area (Å²) in [5.74, 6) is 0. The Labute approximate surface area is 116 Å². The van der Waals surface area contributed by atoms with Gasteiger partial charge in [-0.1, -0.05) is 25.1 Å². The standard InChI is InChI=1S/C16H26N2O/c1-3-10-17-13(2)15-8-4-5-9-16(15)18-11-6-7-14(19)12-18/h4-5,8-9,13-14,17,19H,3,6-7,10-12H2,1-2H3. The third-order valence-electron chi connectivity index (χ3n) is 3.84. The molecule has 1 aromatic carbocycles. The second kappa shape index (κ2) is 6.92. The van der Waals surface area contributed by atoms with E-state index in [0.717, 1.165) is 38.9 Å². The summed E-state index contributed by atoms with van der Waals surface area (Å²) in [7, 11) is 0. The van der Waals surface area contributed by atoms with E-state index in [1.807, 2.05) is 0 Å². The zero-order chi connectivity index (χ0) is 13.7. The van der Waals surface area contributed by atoms with Gasteiger partial charge < -0.3 is 15.3 Å². The summed E-state index contributed by atoms with van der Waals surface area (Å²) in [5.41, 5.74) is 2.61. The Hall–Kier alpha value is -1.06. The van der Waals surface area contributed by atoms with Crippen LogP contribution in [0.2, 0.25) is 0 Å². The molecule has 0 amide bonds. The van der Waals surface area contributed by atoms with Crippen LogP contribution in [0, 0.1) is 0 Å². The Kier molecular flexibility index (Phi) is 5.23. The first kappa shape index (κ1) is 14.4. The van der Waals surface area contributed by atoms with Crippen molar-refractivity contribution in [3.8, 4) is 0 Å². The van der Waals surface area contributed by atoms with Gasteiger partial charge in [0.05, 0.1) is 6.10 Å². The lowest BCUT2D eigenvalue weighted by atomic mass is 10.0. The van der Waals surface area contributed by atoms with Crippen LogP contribution in [0.3, 0.4) is 0 Å². The summed E-state index contributed by atoms with van der Waals surface area (Å²) < 4.78 is 0. The molecule has 2 atom stereocenters. The van der Waals surface area contributed by atoms with Crippen molar-refractivity contribution in [2.75, 3.05) is 24.5 Å². The van der Waals surface area contributed by atoms with Crippen LogP contribution in [0.25, 0.3) is 0 Å². The highest BCUT2D eigenvalue weighted by atomic mass is 16.3. The summed E-state index contributed by atoms with van der Waals surface area (Å²) >= 11 is 0. The van der Waals surface area contributed by atoms with E-state index in [-0.39, 0.29) is 6.10 Å². The Morgan fingerprint density at radius 3 is 2.95 bits per heavy atom. The normalized spacial score (nSPS) is 21.4. The first-order valence-corrected chi connectivity index (χ1v) is 7.47. The molecule has 1 aliphatic heterocycles. The van der Waals surface area contributed by atoms with Crippen LogP contribution in [0.4, 0.5) is 5.69 Å². The SMILES string of the molecule is CCCNC(C)c1ccccc1N1CCCC(O)C1. The molecule has 2 rings (SSSR count). The van der Waals surface area contributed by atoms with Gasteiger partial charge in [0.25, 0.3) is 0 Å². The van der Waals surface area contributed by atoms with E-state index in [1.165, 1.54) is 11.3 Å². The van der Waals surface area contributed by atoms with Gasteiger partial charge in [-0.25, -0.2) is 0 Å². The van der Waals surface area contributed by atoms with Gasteiger partial charge in [0, 0.05) is 24.8 Å². The molecule has 1 saturated heterocycles. The van der Waals surface area contributed by atoms with E-state index in [9.17, 15) is 5.11 Å². The number of aliphatic hydroxyl groups excluding tert-OH is 1. The molecule has 0 radical (unpaired) electrons. The summed E-state index contributed by atoms with van der Waals surface area (Å²) in [4.78, 5) is 2.33. The maximum atomic E-state index is 9.85. The molecular weight excluding hydrogens is 236 g/mol. The molecule has 1 fully saturated rings. The smallest absolute Gasteiger partial charge is 0.0715 e. The van der Waals surface area contributed by atoms with Crippen LogP contribution < -0.4 is 10.2 Å². The van der Waals surface area contributed by atoms with Crippen LogP contribution in [0.5, 0.6) is 0 Å². The first-order chi connectivity index (χ1) is 9.22. The highest BCUT2D eigenvalue weighted by Gasteiger charge is 2.21. The summed E-state index contributed by atoms with van der Waals surface area (Å²) in [6.07, 6.45) is 2.98. The maximum Gasteiger partial charge on any atom is 0.0715 e. The van der Waals surface area contributed by atoms with Gasteiger partial charge >= 0.3 is 0 Å². The van der Waals surface area contributed by atoms with Crippen molar-refractivity contribution in [1.82, 2.24) is 5.32 Å². The van der Waals surface area contributed by atoms with Crippen LogP contribution in [-0.2, 0) is 0 Å². The fraction of sp³-hybridized carbons (Fsp3) is 0.625. The molecule has 1 heterocycles. The zero-order valence-corrected chi connectivity index (χ0v) is 12.1. The van der Waals surface area contributed by atoms with Gasteiger partial charge in [-0.3, -0.25) is 0 Å². The number of piperidine rings is 1. The molecule has 0 aromatic heterocycles. The maximum absolute atomic E-state index is 9.85. The Morgan fingerprint density at radius 2 is 2.21 bits per heavy atom. The molecular formula is C16H26N2O. The quantitative estimate of drug-likeness (QED) is 0.856. The predicted octanol–water partition coefficient (Wildman–Crippen LogP) is 2.71. The molecule has 2 unspecified atom stereocenters. The van der Waals surface area contributed by atoms with Crippen LogP contribution in [0.15, 0.2) is 24.3 Å². The van der Waals surface area contributed by atoms with E-state index in [1.54, 1.807) is 0 Å². The van der Waals surface area contributed by atoms with Crippen molar-refractivity contribution in [3.05, 3.63) is 29.8 Å². The van der Waals surface area contributed by atoms with E-state index in [4.69, 9.17) is 0 Å². The Morgan fingerprint density at radius 1 is 1.42 bits per heavy atom. The van der Waals surface area contributed by atoms with E-state index >= 15 is 0 Å². The molecule has 3 nitrogen and oxygen atoms in total. The highest BCUT2D eigenvalue weighted by molar-refractivity contribution is 5.55. The molecule has 106 valence electrons. The van der Waals surface area contributed by atoms with Gasteiger partial charge in [0.1, 0.15) is 0 Å². The minimum Gasteiger partial charge on any atom is -0.391 e. The number of nitrogens with zero attached hydrogens (tertiary/aromatic N) is 1. The van der Waals surface area contributed by atoms with Crippen molar-refractivity contribution in [3.63, 3.8) is 0 Å². The van der Waals surface area contributed by atoms with Gasteiger partial charge in [-0.15, -0.1) is 0 Å². The molecule has 2 N–H and O–H groups in total. The number of anilines is 1. The molecule has 0 spiro atoms. The molecule has 3 heteroatoms. The van der Waals surface area contributed by atoms with Gasteiger partial charge in [0.2, 0.25) is 0 Å². The molecule has 1 aromatic rings. The van der Waals surface area contributed by atoms with E-state index < -0.39 is 0 Å². The van der Waals surface area contributed by atoms with Crippen LogP contribution in [-0.4, -0.2) is 30.8 Å². The van der Waals surface area contributed by atoms with Gasteiger partial charge in [-0.05, 0) is 44.4 Å². The number of benzene rings is 1. The molecule has 0 aliphatic carbocycles. The average molecular weight is 262 g/mol. The Balaban J connectivity index is 2.15. The van der Waals surface area contributed by atoms with E-state index in [2.05, 4.69) is 48.3 Å². The van der Waals surface area contributed by atoms with Crippen molar-refractivity contribution >= 4 is 5.69 Å². The number of nitrogens with one attached hydrogen (secondary N) is 1. The Bertz CT molecular complexity index is 394. The number of hydrogen-bond donors (Lipinski definition) is 2. The summed E-state index contributed by atoms with van der Waals surface area (Å²) in [6, 6.07) is 8.92. The first-order valence-electron chi connectivity index (χ1n) is 7.47. The third-order valence-corrected chi connectivity index (χ3v) is 3.84. The molecule has 1 aliphatic rings. The minimum atomic E-state index is -0.180. The lowest BCUT2D eigenvalue weighted by molar-refractivity contribution is 0.154. The zero-order valence-electron chi connectivity index (χ0n) is 12.1. The number of aliphatic hydroxyl groups is 1. The topological polar surface area (TPSA) is 35.5 Å². The fourth-order valence-electron chi connectivity index (χ4n) is 2.79. The monoisotopic (exact) mass is 262 g/mol. The van der Waals surface area contributed by atoms with Gasteiger partial charge in [0.15, 0.2) is 0 Å². The second-order valence-electron chi connectivity index (χ2n) is 5.48. The summed E-state index contributed by atoms with van der Waals surface area (Å²) in [6.45, 7) is 7.26. The molecule has 19 heavy (non-hydrogen) atoms. The number of β-amino-alcohol motifs (C(OH)–C–C–N with tert-alkyl or cyclic N) is 1. The third kappa shape index (κ3) is 3.71. The molecule has 0 saturated carbocycles. The predicted molar refractivity (Wildman–Crippen MR) is 80.6 cm³/mol. The van der Waals surface area contributed by atoms with Crippen molar-refractivity contribution in [1.29, 1.82) is 0 Å². The second-order valence-corrected chi connectivity index (χ2v) is 5.48. The highest BCUT2D eigenvalue weighted by Crippen LogP contribution is 2.28. The van der Waals surface area contributed by atoms with E-state index in [0.29, 0.717) is 6.04 Å². The number of para-hydroxylation sites is 1.